The van der Waals surface area contributed by atoms with Crippen molar-refractivity contribution in [1.29, 1.82) is 0 Å². The van der Waals surface area contributed by atoms with Crippen LogP contribution in [0.15, 0.2) is 18.2 Å². The van der Waals surface area contributed by atoms with Gasteiger partial charge in [0.1, 0.15) is 29.2 Å². The van der Waals surface area contributed by atoms with Crippen LogP contribution in [0, 0.1) is 17.3 Å². The van der Waals surface area contributed by atoms with Crippen LogP contribution in [-0.4, -0.2) is 70.1 Å². The van der Waals surface area contributed by atoms with Crippen molar-refractivity contribution in [2.24, 2.45) is 17.3 Å². The fourth-order valence-electron chi connectivity index (χ4n) is 9.00. The van der Waals surface area contributed by atoms with Crippen molar-refractivity contribution in [3.8, 4) is 11.6 Å². The first-order valence-electron chi connectivity index (χ1n) is 17.9. The number of nitrogens with zero attached hydrogens (tertiary/aromatic N) is 3. The van der Waals surface area contributed by atoms with Crippen molar-refractivity contribution >= 4 is 28.8 Å². The number of aromatic nitrogens is 2. The highest BCUT2D eigenvalue weighted by atomic mass is 16.6. The van der Waals surface area contributed by atoms with E-state index in [1.54, 1.807) is 18.9 Å². The van der Waals surface area contributed by atoms with Gasteiger partial charge in [0.2, 0.25) is 11.8 Å². The van der Waals surface area contributed by atoms with Gasteiger partial charge in [0.15, 0.2) is 5.78 Å². The van der Waals surface area contributed by atoms with Crippen molar-refractivity contribution in [2.45, 2.75) is 135 Å². The van der Waals surface area contributed by atoms with E-state index in [4.69, 9.17) is 24.2 Å². The highest BCUT2D eigenvalue weighted by molar-refractivity contribution is 5.93. The number of Topliss-reactive ketones (excluding diaryl/α,β-unsaturated/α-hetero) is 1. The number of hydrogen-bond acceptors (Lipinski definition) is 8. The number of methoxy groups -OCH3 is 1. The lowest BCUT2D eigenvalue weighted by Gasteiger charge is -2.39. The summed E-state index contributed by atoms with van der Waals surface area (Å²) in [5.74, 6) is 0.844. The molecule has 3 fully saturated rings. The van der Waals surface area contributed by atoms with Crippen molar-refractivity contribution in [3.05, 3.63) is 23.9 Å². The van der Waals surface area contributed by atoms with Crippen LogP contribution in [0.1, 0.15) is 110 Å². The van der Waals surface area contributed by atoms with Crippen molar-refractivity contribution in [2.75, 3.05) is 13.7 Å². The number of fused-ring (bicyclic) bond motifs is 5. The molecule has 256 valence electrons. The molecule has 2 aliphatic carbocycles. The first kappa shape index (κ1) is 33.5. The Labute approximate surface area is 278 Å². The normalized spacial score (nSPS) is 31.6. The molecule has 10 heteroatoms. The number of aryl methyl sites for hydroxylation is 1. The third-order valence-corrected chi connectivity index (χ3v) is 11.8. The van der Waals surface area contributed by atoms with Gasteiger partial charge in [0.05, 0.1) is 30.7 Å². The second kappa shape index (κ2) is 13.6. The molecule has 1 aromatic carbocycles. The van der Waals surface area contributed by atoms with Crippen molar-refractivity contribution < 1.29 is 28.6 Å². The van der Waals surface area contributed by atoms with Crippen LogP contribution in [0.2, 0.25) is 0 Å². The van der Waals surface area contributed by atoms with Crippen LogP contribution in [0.25, 0.3) is 11.0 Å². The molecule has 0 unspecified atom stereocenters. The van der Waals surface area contributed by atoms with E-state index in [9.17, 15) is 14.4 Å². The van der Waals surface area contributed by atoms with Gasteiger partial charge < -0.3 is 24.4 Å². The Kier molecular flexibility index (Phi) is 9.68. The van der Waals surface area contributed by atoms with Crippen LogP contribution in [0.5, 0.6) is 11.6 Å². The molecule has 47 heavy (non-hydrogen) atoms. The molecule has 6 rings (SSSR count). The molecule has 2 bridgehead atoms. The number of benzene rings is 1. The summed E-state index contributed by atoms with van der Waals surface area (Å²) >= 11 is 0. The lowest BCUT2D eigenvalue weighted by molar-refractivity contribution is -0.142. The molecule has 4 aliphatic rings. The predicted molar refractivity (Wildman–Crippen MR) is 178 cm³/mol. The molecular weight excluding hydrogens is 596 g/mol. The molecule has 2 amide bonds. The number of ketones is 1. The van der Waals surface area contributed by atoms with Gasteiger partial charge in [-0.1, -0.05) is 39.5 Å². The average Bonchev–Trinajstić information content (AvgIpc) is 3.75. The molecule has 10 nitrogen and oxygen atoms in total. The molecule has 3 heterocycles. The maximum absolute atomic E-state index is 14.7. The van der Waals surface area contributed by atoms with Crippen molar-refractivity contribution in [1.82, 2.24) is 20.2 Å². The molecule has 0 radical (unpaired) electrons. The van der Waals surface area contributed by atoms with Gasteiger partial charge >= 0.3 is 6.09 Å². The molecule has 6 atom stereocenters. The van der Waals surface area contributed by atoms with E-state index in [-0.39, 0.29) is 30.1 Å². The molecule has 2 aromatic rings. The topological polar surface area (TPSA) is 120 Å². The van der Waals surface area contributed by atoms with Gasteiger partial charge in [-0.25, -0.2) is 14.8 Å². The predicted octanol–water partition coefficient (Wildman–Crippen LogP) is 6.56. The van der Waals surface area contributed by atoms with E-state index < -0.39 is 35.3 Å². The number of amides is 2. The van der Waals surface area contributed by atoms with E-state index in [0.717, 1.165) is 81.8 Å². The van der Waals surface area contributed by atoms with Gasteiger partial charge in [-0.2, -0.15) is 0 Å². The number of rotatable bonds is 4. The lowest BCUT2D eigenvalue weighted by Crippen LogP contribution is -2.58. The summed E-state index contributed by atoms with van der Waals surface area (Å²) < 4.78 is 18.5. The van der Waals surface area contributed by atoms with Crippen LogP contribution in [0.4, 0.5) is 4.79 Å². The van der Waals surface area contributed by atoms with E-state index in [1.165, 1.54) is 0 Å². The summed E-state index contributed by atoms with van der Waals surface area (Å²) in [5.41, 5.74) is 1.23. The Morgan fingerprint density at radius 3 is 2.51 bits per heavy atom. The third kappa shape index (κ3) is 6.66. The Morgan fingerprint density at radius 2 is 1.79 bits per heavy atom. The standard InChI is InChI=1S/C37H52N4O6/c1-6-26-30-22-41(31(26)23(2)42)34(43)32(36(3)18-10-11-19-36)40-35(44)47-37(4)20-12-14-24(37)13-8-7-9-15-28-33(46-30)39-29-21-25(45-5)16-17-27(29)38-28/h16-17,21,24,26,30-32H,6-15,18-20,22H2,1-5H3,(H,40,44)/t24-,26-,30+,31-,32-,37-/m1/s1. The Hall–Kier alpha value is -3.43. The fourth-order valence-corrected chi connectivity index (χ4v) is 9.00. The second-order valence-electron chi connectivity index (χ2n) is 14.9. The van der Waals surface area contributed by atoms with Gasteiger partial charge in [0.25, 0.3) is 0 Å². The number of carbonyl (C=O) groups excluding carboxylic acids is 3. The smallest absolute Gasteiger partial charge is 0.408 e. The minimum Gasteiger partial charge on any atom is -0.497 e. The molecule has 0 spiro atoms. The monoisotopic (exact) mass is 648 g/mol. The SMILES string of the molecule is CC[C@@H]1[C@@H]2CN(C(=O)[C@H](C3(C)CCCC3)NC(=O)O[C@]3(C)CCC[C@H]3CCCCCc3nc4ccc(OC)cc4nc3O2)[C@@H]1C(C)=O. The van der Waals surface area contributed by atoms with Gasteiger partial charge in [0, 0.05) is 12.0 Å². The van der Waals surface area contributed by atoms with Gasteiger partial charge in [-0.05, 0) is 95.1 Å². The number of hydrogen-bond donors (Lipinski definition) is 1. The first-order valence-corrected chi connectivity index (χ1v) is 17.9. The minimum absolute atomic E-state index is 0.0871. The average molecular weight is 649 g/mol. The quantitative estimate of drug-likeness (QED) is 0.396. The zero-order chi connectivity index (χ0) is 33.3. The van der Waals surface area contributed by atoms with Crippen LogP contribution in [0.3, 0.4) is 0 Å². The van der Waals surface area contributed by atoms with Crippen LogP contribution in [-0.2, 0) is 20.7 Å². The Balaban J connectivity index is 1.40. The van der Waals surface area contributed by atoms with Crippen molar-refractivity contribution in [3.63, 3.8) is 0 Å². The second-order valence-corrected chi connectivity index (χ2v) is 14.9. The number of carbonyl (C=O) groups is 3. The molecule has 2 saturated carbocycles. The Morgan fingerprint density at radius 1 is 1.02 bits per heavy atom. The lowest BCUT2D eigenvalue weighted by atomic mass is 9.79. The third-order valence-electron chi connectivity index (χ3n) is 11.8. The van der Waals surface area contributed by atoms with Gasteiger partial charge in [-0.15, -0.1) is 0 Å². The molecule has 1 saturated heterocycles. The summed E-state index contributed by atoms with van der Waals surface area (Å²) in [6, 6.07) is 4.19. The van der Waals surface area contributed by atoms with Gasteiger partial charge in [-0.3, -0.25) is 9.59 Å². The summed E-state index contributed by atoms with van der Waals surface area (Å²) in [4.78, 5) is 53.4. The summed E-state index contributed by atoms with van der Waals surface area (Å²) in [5, 5.41) is 3.07. The van der Waals surface area contributed by atoms with E-state index in [0.29, 0.717) is 30.0 Å². The summed E-state index contributed by atoms with van der Waals surface area (Å²) in [7, 11) is 1.62. The molecular formula is C37H52N4O6. The minimum atomic E-state index is -0.804. The molecule has 2 aliphatic heterocycles. The van der Waals surface area contributed by atoms with Crippen LogP contribution < -0.4 is 14.8 Å². The largest absolute Gasteiger partial charge is 0.497 e. The fraction of sp³-hybridized carbons (Fsp3) is 0.703. The van der Waals surface area contributed by atoms with E-state index in [1.807, 2.05) is 25.1 Å². The Bertz CT molecular complexity index is 1490. The van der Waals surface area contributed by atoms with Crippen LogP contribution >= 0.6 is 0 Å². The number of ether oxygens (including phenoxy) is 3. The molecule has 1 aromatic heterocycles. The maximum Gasteiger partial charge on any atom is 0.408 e. The zero-order valence-electron chi connectivity index (χ0n) is 28.8. The highest BCUT2D eigenvalue weighted by Gasteiger charge is 2.52. The summed E-state index contributed by atoms with van der Waals surface area (Å²) in [6.45, 7) is 7.95. The zero-order valence-corrected chi connectivity index (χ0v) is 28.8. The first-order chi connectivity index (χ1) is 22.5. The van der Waals surface area contributed by atoms with E-state index >= 15 is 0 Å². The number of nitrogens with one attached hydrogen (secondary N) is 1. The number of alkyl carbamates (subject to hydrolysis) is 1. The molecule has 1 N–H and O–H groups in total. The van der Waals surface area contributed by atoms with E-state index in [2.05, 4.69) is 19.2 Å². The maximum atomic E-state index is 14.7. The highest BCUT2D eigenvalue weighted by Crippen LogP contribution is 2.44. The summed E-state index contributed by atoms with van der Waals surface area (Å²) in [6.07, 6.45) is 10.7.